The highest BCUT2D eigenvalue weighted by Crippen LogP contribution is 2.33. The zero-order chi connectivity index (χ0) is 29.9. The Bertz CT molecular complexity index is 1650. The molecule has 1 aliphatic rings. The molecule has 0 radical (unpaired) electrons. The van der Waals surface area contributed by atoms with Crippen molar-refractivity contribution in [3.8, 4) is 5.75 Å². The van der Waals surface area contributed by atoms with Gasteiger partial charge < -0.3 is 18.8 Å². The average Bonchev–Trinajstić information content (AvgIpc) is 3.59. The maximum Gasteiger partial charge on any atom is 0.290 e. The summed E-state index contributed by atoms with van der Waals surface area (Å²) < 4.78 is 45.6. The van der Waals surface area contributed by atoms with E-state index in [1.807, 2.05) is 44.2 Å². The number of amides is 1. The molecule has 1 atom stereocenters. The van der Waals surface area contributed by atoms with Gasteiger partial charge >= 0.3 is 0 Å². The third kappa shape index (κ3) is 6.81. The Labute approximate surface area is 251 Å². The monoisotopic (exact) mass is 610 g/mol. The molecule has 42 heavy (non-hydrogen) atoms. The van der Waals surface area contributed by atoms with Gasteiger partial charge in [-0.1, -0.05) is 49.7 Å². The molecule has 0 saturated carbocycles. The number of carbonyl (C=O) groups excluding carboxylic acids is 1. The van der Waals surface area contributed by atoms with E-state index < -0.39 is 10.0 Å². The quantitative estimate of drug-likeness (QED) is 0.202. The first-order valence-corrected chi connectivity index (χ1v) is 15.8. The molecule has 0 fully saturated rings. The summed E-state index contributed by atoms with van der Waals surface area (Å²) >= 11 is 6.38. The lowest BCUT2D eigenvalue weighted by atomic mass is 10.1. The Morgan fingerprint density at radius 3 is 2.60 bits per heavy atom. The summed E-state index contributed by atoms with van der Waals surface area (Å²) in [5, 5.41) is 1.37. The molecule has 0 spiro atoms. The molecule has 222 valence electrons. The summed E-state index contributed by atoms with van der Waals surface area (Å²) in [6.45, 7) is 5.25. The first-order chi connectivity index (χ1) is 20.1. The maximum absolute atomic E-state index is 14.1. The van der Waals surface area contributed by atoms with E-state index in [2.05, 4.69) is 4.72 Å². The van der Waals surface area contributed by atoms with E-state index in [-0.39, 0.29) is 35.1 Å². The number of fused-ring (bicyclic) bond motifs is 2. The molecule has 1 unspecified atom stereocenters. The fourth-order valence-electron chi connectivity index (χ4n) is 5.14. The molecule has 3 aromatic carbocycles. The second-order valence-corrected chi connectivity index (χ2v) is 13.1. The number of para-hydroxylation sites is 1. The summed E-state index contributed by atoms with van der Waals surface area (Å²) in [6, 6.07) is 19.6. The highest BCUT2D eigenvalue weighted by molar-refractivity contribution is 7.89. The number of halogens is 1. The third-order valence-electron chi connectivity index (χ3n) is 7.33. The maximum atomic E-state index is 14.1. The van der Waals surface area contributed by atoms with Gasteiger partial charge in [-0.05, 0) is 72.4 Å². The van der Waals surface area contributed by atoms with Crippen LogP contribution in [0, 0.1) is 5.92 Å². The minimum absolute atomic E-state index is 0.186. The molecule has 5 rings (SSSR count). The molecule has 1 aliphatic carbocycles. The van der Waals surface area contributed by atoms with Crippen LogP contribution in [0.3, 0.4) is 0 Å². The number of ether oxygens (including phenoxy) is 2. The van der Waals surface area contributed by atoms with Crippen LogP contribution in [0.2, 0.25) is 5.02 Å². The van der Waals surface area contributed by atoms with Gasteiger partial charge in [0.1, 0.15) is 17.9 Å². The first kappa shape index (κ1) is 30.1. The highest BCUT2D eigenvalue weighted by Gasteiger charge is 2.33. The van der Waals surface area contributed by atoms with Crippen molar-refractivity contribution in [2.75, 3.05) is 26.9 Å². The van der Waals surface area contributed by atoms with Gasteiger partial charge in [0, 0.05) is 35.7 Å². The highest BCUT2D eigenvalue weighted by atomic mass is 35.5. The molecule has 0 saturated heterocycles. The minimum Gasteiger partial charge on any atom is -0.491 e. The van der Waals surface area contributed by atoms with Crippen molar-refractivity contribution in [1.29, 1.82) is 0 Å². The molecular weight excluding hydrogens is 576 g/mol. The van der Waals surface area contributed by atoms with Gasteiger partial charge in [-0.15, -0.1) is 0 Å². The van der Waals surface area contributed by atoms with Crippen LogP contribution in [-0.4, -0.2) is 52.1 Å². The van der Waals surface area contributed by atoms with Crippen molar-refractivity contribution in [2.45, 2.75) is 44.2 Å². The molecule has 0 bridgehead atoms. The van der Waals surface area contributed by atoms with Gasteiger partial charge in [0.15, 0.2) is 5.76 Å². The second kappa shape index (κ2) is 12.9. The number of sulfonamides is 1. The fraction of sp³-hybridized carbons (Fsp3) is 0.344. The van der Waals surface area contributed by atoms with Crippen molar-refractivity contribution < 1.29 is 27.1 Å². The number of benzene rings is 3. The third-order valence-corrected chi connectivity index (χ3v) is 8.98. The van der Waals surface area contributed by atoms with Crippen molar-refractivity contribution in [1.82, 2.24) is 9.62 Å². The lowest BCUT2D eigenvalue weighted by molar-refractivity contribution is 0.0634. The SMILES string of the molecule is COCCOc1ccc(Cl)cc1CN(C(=O)c1cc2ccccc2o1)C1Cc2ccc(S(=O)(=O)NCC(C)C)cc2C1. The van der Waals surface area contributed by atoms with E-state index in [0.29, 0.717) is 49.0 Å². The number of hydrogen-bond acceptors (Lipinski definition) is 6. The smallest absolute Gasteiger partial charge is 0.290 e. The summed E-state index contributed by atoms with van der Waals surface area (Å²) in [7, 11) is -2.04. The zero-order valence-electron chi connectivity index (χ0n) is 23.9. The topological polar surface area (TPSA) is 98.1 Å². The van der Waals surface area contributed by atoms with E-state index in [1.54, 1.807) is 48.4 Å². The lowest BCUT2D eigenvalue weighted by Gasteiger charge is -2.29. The van der Waals surface area contributed by atoms with Crippen LogP contribution in [0.4, 0.5) is 0 Å². The molecular formula is C32H35ClN2O6S. The van der Waals surface area contributed by atoms with Crippen molar-refractivity contribution in [3.05, 3.63) is 94.2 Å². The molecule has 10 heteroatoms. The van der Waals surface area contributed by atoms with Crippen molar-refractivity contribution >= 4 is 38.5 Å². The number of methoxy groups -OCH3 is 1. The molecule has 1 N–H and O–H groups in total. The van der Waals surface area contributed by atoms with Gasteiger partial charge in [-0.2, -0.15) is 0 Å². The number of hydrogen-bond donors (Lipinski definition) is 1. The largest absolute Gasteiger partial charge is 0.491 e. The summed E-state index contributed by atoms with van der Waals surface area (Å²) in [6.07, 6.45) is 1.07. The van der Waals surface area contributed by atoms with E-state index in [0.717, 1.165) is 22.1 Å². The number of nitrogens with one attached hydrogen (secondary N) is 1. The van der Waals surface area contributed by atoms with Crippen LogP contribution in [0.1, 0.15) is 41.1 Å². The Morgan fingerprint density at radius 1 is 1.05 bits per heavy atom. The van der Waals surface area contributed by atoms with Crippen LogP contribution in [-0.2, 0) is 34.1 Å². The average molecular weight is 611 g/mol. The fourth-order valence-corrected chi connectivity index (χ4v) is 6.60. The van der Waals surface area contributed by atoms with Crippen LogP contribution in [0.5, 0.6) is 5.75 Å². The van der Waals surface area contributed by atoms with Gasteiger partial charge in [-0.3, -0.25) is 4.79 Å². The van der Waals surface area contributed by atoms with Gasteiger partial charge in [0.25, 0.3) is 5.91 Å². The van der Waals surface area contributed by atoms with E-state index in [4.69, 9.17) is 25.5 Å². The Kier molecular flexibility index (Phi) is 9.22. The number of carbonyl (C=O) groups is 1. The number of nitrogens with zero attached hydrogens (tertiary/aromatic N) is 1. The van der Waals surface area contributed by atoms with E-state index in [9.17, 15) is 13.2 Å². The van der Waals surface area contributed by atoms with Crippen molar-refractivity contribution in [2.24, 2.45) is 5.92 Å². The first-order valence-electron chi connectivity index (χ1n) is 14.0. The number of rotatable bonds is 12. The van der Waals surface area contributed by atoms with Gasteiger partial charge in [-0.25, -0.2) is 13.1 Å². The molecule has 8 nitrogen and oxygen atoms in total. The molecule has 1 heterocycles. The summed E-state index contributed by atoms with van der Waals surface area (Å²) in [5.74, 6) is 0.765. The van der Waals surface area contributed by atoms with E-state index in [1.165, 1.54) is 0 Å². The Morgan fingerprint density at radius 2 is 1.83 bits per heavy atom. The van der Waals surface area contributed by atoms with Gasteiger partial charge in [0.2, 0.25) is 10.0 Å². The predicted octanol–water partition coefficient (Wildman–Crippen LogP) is 5.86. The van der Waals surface area contributed by atoms with E-state index >= 15 is 0 Å². The zero-order valence-corrected chi connectivity index (χ0v) is 25.5. The molecule has 1 aromatic heterocycles. The normalized spacial score (nSPS) is 14.8. The lowest BCUT2D eigenvalue weighted by Crippen LogP contribution is -2.40. The van der Waals surface area contributed by atoms with Crippen molar-refractivity contribution in [3.63, 3.8) is 0 Å². The van der Waals surface area contributed by atoms with Crippen LogP contribution < -0.4 is 9.46 Å². The molecule has 1 amide bonds. The Balaban J connectivity index is 1.47. The van der Waals surface area contributed by atoms with Crippen LogP contribution >= 0.6 is 11.6 Å². The van der Waals surface area contributed by atoms with Crippen LogP contribution in [0.15, 0.2) is 76.0 Å². The summed E-state index contributed by atoms with van der Waals surface area (Å²) in [5.41, 5.74) is 3.29. The van der Waals surface area contributed by atoms with Crippen LogP contribution in [0.25, 0.3) is 11.0 Å². The Hall–Kier alpha value is -3.37. The summed E-state index contributed by atoms with van der Waals surface area (Å²) in [4.78, 5) is 16.1. The second-order valence-electron chi connectivity index (χ2n) is 10.9. The minimum atomic E-state index is -3.65. The number of furan rings is 1. The standard InChI is InChI=1S/C32H35ClN2O6S/c1-21(2)19-34-42(37,38)28-10-8-22-15-27(16-24(22)17-28)35(32(36)31-18-23-6-4-5-7-30(23)41-31)20-25-14-26(33)9-11-29(25)40-13-12-39-3/h4-11,14,17-18,21,27,34H,12-13,15-16,19-20H2,1-3H3. The molecule has 0 aliphatic heterocycles. The molecule has 4 aromatic rings. The predicted molar refractivity (Wildman–Crippen MR) is 163 cm³/mol. The van der Waals surface area contributed by atoms with Gasteiger partial charge in [0.05, 0.1) is 18.0 Å².